The van der Waals surface area contributed by atoms with Gasteiger partial charge in [0.15, 0.2) is 0 Å². The van der Waals surface area contributed by atoms with Gasteiger partial charge >= 0.3 is 0 Å². The maximum atomic E-state index is 12.9. The Kier molecular flexibility index (Phi) is 4.04. The lowest BCUT2D eigenvalue weighted by Gasteiger charge is -2.13. The van der Waals surface area contributed by atoms with Crippen LogP contribution >= 0.6 is 0 Å². The SMILES string of the molecule is Cc1ccc(F)cc1CC(CN)CO. The summed E-state index contributed by atoms with van der Waals surface area (Å²) in [5.41, 5.74) is 7.43. The molecule has 0 aliphatic rings. The van der Waals surface area contributed by atoms with E-state index in [-0.39, 0.29) is 18.3 Å². The van der Waals surface area contributed by atoms with Crippen molar-refractivity contribution in [3.8, 4) is 0 Å². The van der Waals surface area contributed by atoms with Crippen molar-refractivity contribution in [2.75, 3.05) is 13.2 Å². The number of aliphatic hydroxyl groups excluding tert-OH is 1. The van der Waals surface area contributed by atoms with E-state index in [9.17, 15) is 4.39 Å². The van der Waals surface area contributed by atoms with Crippen LogP contribution < -0.4 is 5.73 Å². The fourth-order valence-corrected chi connectivity index (χ4v) is 1.39. The van der Waals surface area contributed by atoms with Crippen LogP contribution in [0.5, 0.6) is 0 Å². The number of benzene rings is 1. The van der Waals surface area contributed by atoms with Crippen molar-refractivity contribution in [3.05, 3.63) is 35.1 Å². The largest absolute Gasteiger partial charge is 0.396 e. The van der Waals surface area contributed by atoms with Gasteiger partial charge in [-0.25, -0.2) is 4.39 Å². The number of aliphatic hydroxyl groups is 1. The molecule has 1 rings (SSSR count). The molecule has 1 aromatic rings. The van der Waals surface area contributed by atoms with Crippen molar-refractivity contribution < 1.29 is 9.50 Å². The zero-order chi connectivity index (χ0) is 10.6. The third-order valence-electron chi connectivity index (χ3n) is 2.41. The number of nitrogens with two attached hydrogens (primary N) is 1. The van der Waals surface area contributed by atoms with Crippen molar-refractivity contribution >= 4 is 0 Å². The molecule has 0 heterocycles. The highest BCUT2D eigenvalue weighted by Crippen LogP contribution is 2.14. The van der Waals surface area contributed by atoms with Crippen LogP contribution in [0.1, 0.15) is 11.1 Å². The van der Waals surface area contributed by atoms with Crippen LogP contribution in [-0.2, 0) is 6.42 Å². The molecule has 3 N–H and O–H groups in total. The third kappa shape index (κ3) is 2.79. The molecule has 0 saturated heterocycles. The Balaban J connectivity index is 2.79. The summed E-state index contributed by atoms with van der Waals surface area (Å²) in [4.78, 5) is 0. The molecule has 2 nitrogen and oxygen atoms in total. The van der Waals surface area contributed by atoms with Gasteiger partial charge in [0.1, 0.15) is 5.82 Å². The summed E-state index contributed by atoms with van der Waals surface area (Å²) in [5.74, 6) is -0.213. The second kappa shape index (κ2) is 5.08. The fourth-order valence-electron chi connectivity index (χ4n) is 1.39. The summed E-state index contributed by atoms with van der Waals surface area (Å²) >= 11 is 0. The Morgan fingerprint density at radius 1 is 1.50 bits per heavy atom. The molecule has 0 bridgehead atoms. The maximum absolute atomic E-state index is 12.9. The van der Waals surface area contributed by atoms with Crippen molar-refractivity contribution in [2.45, 2.75) is 13.3 Å². The molecule has 0 spiro atoms. The van der Waals surface area contributed by atoms with Crippen LogP contribution in [0.3, 0.4) is 0 Å². The molecular weight excluding hydrogens is 181 g/mol. The predicted molar refractivity (Wildman–Crippen MR) is 54.5 cm³/mol. The molecule has 1 atom stereocenters. The van der Waals surface area contributed by atoms with E-state index in [2.05, 4.69) is 0 Å². The highest BCUT2D eigenvalue weighted by molar-refractivity contribution is 5.26. The Labute approximate surface area is 83.6 Å². The van der Waals surface area contributed by atoms with Gasteiger partial charge in [0.2, 0.25) is 0 Å². The summed E-state index contributed by atoms with van der Waals surface area (Å²) in [6.07, 6.45) is 0.636. The number of halogens is 1. The topological polar surface area (TPSA) is 46.2 Å². The van der Waals surface area contributed by atoms with Crippen molar-refractivity contribution in [1.82, 2.24) is 0 Å². The van der Waals surface area contributed by atoms with Crippen LogP contribution in [0.4, 0.5) is 4.39 Å². The van der Waals surface area contributed by atoms with Crippen LogP contribution in [0, 0.1) is 18.7 Å². The first kappa shape index (κ1) is 11.1. The summed E-state index contributed by atoms with van der Waals surface area (Å²) < 4.78 is 12.9. The van der Waals surface area contributed by atoms with Crippen molar-refractivity contribution in [3.63, 3.8) is 0 Å². The van der Waals surface area contributed by atoms with Gasteiger partial charge in [0.25, 0.3) is 0 Å². The molecule has 0 aliphatic heterocycles. The van der Waals surface area contributed by atoms with Gasteiger partial charge in [0.05, 0.1) is 0 Å². The third-order valence-corrected chi connectivity index (χ3v) is 2.41. The van der Waals surface area contributed by atoms with Crippen LogP contribution in [-0.4, -0.2) is 18.3 Å². The van der Waals surface area contributed by atoms with Gasteiger partial charge in [-0.2, -0.15) is 0 Å². The second-order valence-corrected chi connectivity index (χ2v) is 3.56. The van der Waals surface area contributed by atoms with Gasteiger partial charge in [0, 0.05) is 6.61 Å². The Morgan fingerprint density at radius 3 is 2.79 bits per heavy atom. The van der Waals surface area contributed by atoms with Gasteiger partial charge in [-0.3, -0.25) is 0 Å². The lowest BCUT2D eigenvalue weighted by atomic mass is 9.97. The molecule has 78 valence electrons. The average molecular weight is 197 g/mol. The lowest BCUT2D eigenvalue weighted by molar-refractivity contribution is 0.229. The zero-order valence-electron chi connectivity index (χ0n) is 8.33. The lowest BCUT2D eigenvalue weighted by Crippen LogP contribution is -2.20. The quantitative estimate of drug-likeness (QED) is 0.763. The van der Waals surface area contributed by atoms with Gasteiger partial charge in [-0.15, -0.1) is 0 Å². The molecule has 0 saturated carbocycles. The van der Waals surface area contributed by atoms with E-state index in [0.717, 1.165) is 11.1 Å². The monoisotopic (exact) mass is 197 g/mol. The molecule has 1 unspecified atom stereocenters. The maximum Gasteiger partial charge on any atom is 0.123 e. The summed E-state index contributed by atoms with van der Waals surface area (Å²) in [6.45, 7) is 2.40. The standard InChI is InChI=1S/C11H16FNO/c1-8-2-3-11(12)5-10(8)4-9(6-13)7-14/h2-3,5,9,14H,4,6-7,13H2,1H3. The summed E-state index contributed by atoms with van der Waals surface area (Å²) in [7, 11) is 0. The summed E-state index contributed by atoms with van der Waals surface area (Å²) in [5, 5.41) is 8.97. The molecule has 0 fully saturated rings. The highest BCUT2D eigenvalue weighted by atomic mass is 19.1. The van der Waals surface area contributed by atoms with Crippen molar-refractivity contribution in [1.29, 1.82) is 0 Å². The average Bonchev–Trinajstić information content (AvgIpc) is 2.19. The van der Waals surface area contributed by atoms with E-state index in [1.54, 1.807) is 6.07 Å². The van der Waals surface area contributed by atoms with E-state index in [4.69, 9.17) is 10.8 Å². The van der Waals surface area contributed by atoms with Crippen LogP contribution in [0.25, 0.3) is 0 Å². The molecule has 0 amide bonds. The van der Waals surface area contributed by atoms with Crippen LogP contribution in [0.15, 0.2) is 18.2 Å². The summed E-state index contributed by atoms with van der Waals surface area (Å²) in [6, 6.07) is 4.69. The number of hydrogen-bond acceptors (Lipinski definition) is 2. The van der Waals surface area contributed by atoms with Crippen LogP contribution in [0.2, 0.25) is 0 Å². The molecule has 14 heavy (non-hydrogen) atoms. The molecule has 3 heteroatoms. The van der Waals surface area contributed by atoms with Gasteiger partial charge in [-0.1, -0.05) is 6.07 Å². The van der Waals surface area contributed by atoms with Gasteiger partial charge < -0.3 is 10.8 Å². The zero-order valence-corrected chi connectivity index (χ0v) is 8.33. The van der Waals surface area contributed by atoms with E-state index in [1.165, 1.54) is 12.1 Å². The predicted octanol–water partition coefficient (Wildman–Crippen LogP) is 1.24. The van der Waals surface area contributed by atoms with E-state index < -0.39 is 0 Å². The minimum absolute atomic E-state index is 0.0236. The Hall–Kier alpha value is -0.930. The van der Waals surface area contributed by atoms with Crippen molar-refractivity contribution in [2.24, 2.45) is 11.7 Å². The smallest absolute Gasteiger partial charge is 0.123 e. The highest BCUT2D eigenvalue weighted by Gasteiger charge is 2.08. The number of hydrogen-bond donors (Lipinski definition) is 2. The first-order valence-electron chi connectivity index (χ1n) is 4.73. The Bertz CT molecular complexity index is 297. The first-order chi connectivity index (χ1) is 6.67. The Morgan fingerprint density at radius 2 is 2.21 bits per heavy atom. The minimum Gasteiger partial charge on any atom is -0.396 e. The molecule has 0 radical (unpaired) electrons. The van der Waals surface area contributed by atoms with E-state index >= 15 is 0 Å². The first-order valence-corrected chi connectivity index (χ1v) is 4.73. The normalized spacial score (nSPS) is 12.9. The molecule has 1 aromatic carbocycles. The minimum atomic E-state index is -0.237. The fraction of sp³-hybridized carbons (Fsp3) is 0.455. The number of aryl methyl sites for hydroxylation is 1. The van der Waals surface area contributed by atoms with Gasteiger partial charge in [-0.05, 0) is 49.1 Å². The molecule has 0 aromatic heterocycles. The molecular formula is C11H16FNO. The second-order valence-electron chi connectivity index (χ2n) is 3.56. The van der Waals surface area contributed by atoms with E-state index in [0.29, 0.717) is 13.0 Å². The number of rotatable bonds is 4. The molecule has 0 aliphatic carbocycles. The van der Waals surface area contributed by atoms with E-state index in [1.807, 2.05) is 6.92 Å².